The van der Waals surface area contributed by atoms with Gasteiger partial charge >= 0.3 is 0 Å². The lowest BCUT2D eigenvalue weighted by Crippen LogP contribution is -2.53. The normalized spacial score (nSPS) is 12.5. The Hall–Kier alpha value is -2.83. The van der Waals surface area contributed by atoms with E-state index in [-0.39, 0.29) is 31.0 Å². The first-order chi connectivity index (χ1) is 16.9. The van der Waals surface area contributed by atoms with Crippen molar-refractivity contribution in [2.75, 3.05) is 6.61 Å². The molecule has 2 atom stereocenters. The van der Waals surface area contributed by atoms with Crippen molar-refractivity contribution in [1.82, 2.24) is 10.2 Å². The molecule has 2 amide bonds. The summed E-state index contributed by atoms with van der Waals surface area (Å²) in [5.41, 5.74) is 1.91. The van der Waals surface area contributed by atoms with Gasteiger partial charge in [-0.3, -0.25) is 9.59 Å². The van der Waals surface area contributed by atoms with Gasteiger partial charge in [-0.15, -0.1) is 0 Å². The second-order valence-corrected chi connectivity index (χ2v) is 9.68. The van der Waals surface area contributed by atoms with Crippen LogP contribution in [0.1, 0.15) is 31.4 Å². The summed E-state index contributed by atoms with van der Waals surface area (Å²) >= 11 is 9.44. The van der Waals surface area contributed by atoms with Crippen LogP contribution < -0.4 is 10.1 Å². The molecule has 0 aliphatic carbocycles. The highest BCUT2D eigenvalue weighted by molar-refractivity contribution is 9.10. The molecule has 3 aromatic carbocycles. The van der Waals surface area contributed by atoms with E-state index in [0.717, 1.165) is 17.5 Å². The summed E-state index contributed by atoms with van der Waals surface area (Å²) < 4.78 is 6.48. The molecule has 0 aromatic heterocycles. The summed E-state index contributed by atoms with van der Waals surface area (Å²) in [5, 5.41) is 3.63. The lowest BCUT2D eigenvalue weighted by molar-refractivity contribution is -0.143. The number of hydrogen-bond acceptors (Lipinski definition) is 3. The standard InChI is InChI=1S/C28H30BrClN2O3/c1-3-20(2)31-28(34)25(16-21-10-6-4-7-11-21)32(18-22-12-8-5-9-13-22)27(33)19-35-26-15-14-23(30)17-24(26)29/h4-15,17,20,25H,3,16,18-19H2,1-2H3,(H,31,34)/t20-,25-/m1/s1. The lowest BCUT2D eigenvalue weighted by atomic mass is 10.0. The molecule has 0 saturated carbocycles. The van der Waals surface area contributed by atoms with Gasteiger partial charge in [0.25, 0.3) is 5.91 Å². The van der Waals surface area contributed by atoms with Gasteiger partial charge in [0, 0.05) is 24.0 Å². The van der Waals surface area contributed by atoms with Gasteiger partial charge in [-0.1, -0.05) is 79.2 Å². The lowest BCUT2D eigenvalue weighted by Gasteiger charge is -2.32. The van der Waals surface area contributed by atoms with Gasteiger partial charge in [0.2, 0.25) is 5.91 Å². The van der Waals surface area contributed by atoms with E-state index < -0.39 is 6.04 Å². The minimum absolute atomic E-state index is 0.00396. The van der Waals surface area contributed by atoms with Crippen LogP contribution in [0.25, 0.3) is 0 Å². The van der Waals surface area contributed by atoms with Gasteiger partial charge in [-0.05, 0) is 58.6 Å². The third kappa shape index (κ3) is 8.11. The zero-order valence-electron chi connectivity index (χ0n) is 19.9. The molecule has 35 heavy (non-hydrogen) atoms. The second kappa shape index (κ2) is 13.3. The molecule has 3 aromatic rings. The third-order valence-electron chi connectivity index (χ3n) is 5.71. The second-order valence-electron chi connectivity index (χ2n) is 8.39. The van der Waals surface area contributed by atoms with E-state index in [9.17, 15) is 9.59 Å². The average molecular weight is 558 g/mol. The van der Waals surface area contributed by atoms with Gasteiger partial charge < -0.3 is 15.0 Å². The van der Waals surface area contributed by atoms with Crippen molar-refractivity contribution >= 4 is 39.3 Å². The Morgan fingerprint density at radius 2 is 1.63 bits per heavy atom. The predicted octanol–water partition coefficient (Wildman–Crippen LogP) is 6.04. The maximum absolute atomic E-state index is 13.6. The third-order valence-corrected chi connectivity index (χ3v) is 6.57. The number of benzene rings is 3. The molecule has 0 spiro atoms. The van der Waals surface area contributed by atoms with E-state index in [2.05, 4.69) is 21.2 Å². The van der Waals surface area contributed by atoms with Crippen LogP contribution >= 0.6 is 27.5 Å². The molecule has 0 bridgehead atoms. The topological polar surface area (TPSA) is 58.6 Å². The van der Waals surface area contributed by atoms with E-state index in [1.807, 2.05) is 74.5 Å². The van der Waals surface area contributed by atoms with E-state index in [1.54, 1.807) is 23.1 Å². The van der Waals surface area contributed by atoms with Crippen LogP contribution in [0.15, 0.2) is 83.3 Å². The van der Waals surface area contributed by atoms with Gasteiger partial charge in [0.1, 0.15) is 11.8 Å². The summed E-state index contributed by atoms with van der Waals surface area (Å²) in [6, 6.07) is 23.8. The molecule has 0 radical (unpaired) electrons. The number of nitrogens with one attached hydrogen (secondary N) is 1. The molecule has 184 valence electrons. The first kappa shape index (κ1) is 26.8. The minimum Gasteiger partial charge on any atom is -0.483 e. The minimum atomic E-state index is -0.698. The smallest absolute Gasteiger partial charge is 0.261 e. The highest BCUT2D eigenvalue weighted by atomic mass is 79.9. The quantitative estimate of drug-likeness (QED) is 0.313. The maximum atomic E-state index is 13.6. The molecular formula is C28H30BrClN2O3. The summed E-state index contributed by atoms with van der Waals surface area (Å²) in [6.07, 6.45) is 1.19. The Morgan fingerprint density at radius 1 is 1.00 bits per heavy atom. The number of carbonyl (C=O) groups is 2. The molecule has 1 N–H and O–H groups in total. The van der Waals surface area contributed by atoms with Crippen LogP contribution in [0.5, 0.6) is 5.75 Å². The summed E-state index contributed by atoms with van der Waals surface area (Å²) in [4.78, 5) is 28.6. The van der Waals surface area contributed by atoms with Crippen molar-refractivity contribution < 1.29 is 14.3 Å². The fraction of sp³-hybridized carbons (Fsp3) is 0.286. The Kier molecular flexibility index (Phi) is 10.2. The zero-order chi connectivity index (χ0) is 25.2. The number of carbonyl (C=O) groups excluding carboxylic acids is 2. The van der Waals surface area contributed by atoms with Crippen LogP contribution in [0.4, 0.5) is 0 Å². The average Bonchev–Trinajstić information content (AvgIpc) is 2.86. The highest BCUT2D eigenvalue weighted by Crippen LogP contribution is 2.28. The molecule has 0 fully saturated rings. The van der Waals surface area contributed by atoms with Gasteiger partial charge in [0.15, 0.2) is 6.61 Å². The molecule has 0 heterocycles. The first-order valence-electron chi connectivity index (χ1n) is 11.6. The van der Waals surface area contributed by atoms with Crippen LogP contribution in [-0.4, -0.2) is 35.4 Å². The molecule has 3 rings (SSSR count). The van der Waals surface area contributed by atoms with Crippen molar-refractivity contribution in [3.63, 3.8) is 0 Å². The molecule has 5 nitrogen and oxygen atoms in total. The summed E-state index contributed by atoms with van der Waals surface area (Å²) in [5.74, 6) is 0.0437. The number of hydrogen-bond donors (Lipinski definition) is 1. The zero-order valence-corrected chi connectivity index (χ0v) is 22.3. The monoisotopic (exact) mass is 556 g/mol. The van der Waals surface area contributed by atoms with E-state index in [4.69, 9.17) is 16.3 Å². The summed E-state index contributed by atoms with van der Waals surface area (Å²) in [7, 11) is 0. The van der Waals surface area contributed by atoms with E-state index >= 15 is 0 Å². The number of amides is 2. The molecule has 7 heteroatoms. The predicted molar refractivity (Wildman–Crippen MR) is 143 cm³/mol. The largest absolute Gasteiger partial charge is 0.483 e. The van der Waals surface area contributed by atoms with E-state index in [0.29, 0.717) is 21.7 Å². The van der Waals surface area contributed by atoms with Crippen LogP contribution in [-0.2, 0) is 22.6 Å². The van der Waals surface area contributed by atoms with Crippen molar-refractivity contribution in [2.24, 2.45) is 0 Å². The fourth-order valence-electron chi connectivity index (χ4n) is 3.59. The first-order valence-corrected chi connectivity index (χ1v) is 12.8. The van der Waals surface area contributed by atoms with Gasteiger partial charge in [-0.2, -0.15) is 0 Å². The van der Waals surface area contributed by atoms with Crippen molar-refractivity contribution in [2.45, 2.75) is 45.3 Å². The number of ether oxygens (including phenoxy) is 1. The summed E-state index contributed by atoms with van der Waals surface area (Å²) in [6.45, 7) is 4.05. The molecule has 0 saturated heterocycles. The molecule has 0 aliphatic heterocycles. The maximum Gasteiger partial charge on any atom is 0.261 e. The van der Waals surface area contributed by atoms with Gasteiger partial charge in [-0.25, -0.2) is 0 Å². The van der Waals surface area contributed by atoms with E-state index in [1.165, 1.54) is 0 Å². The Balaban J connectivity index is 1.90. The Labute approximate surface area is 220 Å². The Morgan fingerprint density at radius 3 is 2.23 bits per heavy atom. The molecule has 0 unspecified atom stereocenters. The molecule has 0 aliphatic rings. The van der Waals surface area contributed by atoms with Gasteiger partial charge in [0.05, 0.1) is 4.47 Å². The number of halogens is 2. The highest BCUT2D eigenvalue weighted by Gasteiger charge is 2.31. The van der Waals surface area contributed by atoms with Crippen LogP contribution in [0.3, 0.4) is 0 Å². The SMILES string of the molecule is CC[C@@H](C)NC(=O)[C@@H](Cc1ccccc1)N(Cc1ccccc1)C(=O)COc1ccc(Cl)cc1Br. The van der Waals surface area contributed by atoms with Crippen molar-refractivity contribution in [3.05, 3.63) is 99.5 Å². The number of nitrogens with zero attached hydrogens (tertiary/aromatic N) is 1. The Bertz CT molecular complexity index is 1110. The fourth-order valence-corrected chi connectivity index (χ4v) is 4.39. The van der Waals surface area contributed by atoms with Crippen LogP contribution in [0.2, 0.25) is 5.02 Å². The van der Waals surface area contributed by atoms with Crippen molar-refractivity contribution in [1.29, 1.82) is 0 Å². The van der Waals surface area contributed by atoms with Crippen LogP contribution in [0, 0.1) is 0 Å². The number of rotatable bonds is 11. The van der Waals surface area contributed by atoms with Crippen molar-refractivity contribution in [3.8, 4) is 5.75 Å². The molecular weight excluding hydrogens is 528 g/mol.